The zero-order chi connectivity index (χ0) is 13.2. The molecule has 5 heteroatoms. The van der Waals surface area contributed by atoms with E-state index in [1.54, 1.807) is 18.9 Å². The number of ether oxygens (including phenoxy) is 1. The second-order valence-corrected chi connectivity index (χ2v) is 5.05. The average molecular weight is 271 g/mol. The zero-order valence-corrected chi connectivity index (χ0v) is 11.4. The third kappa shape index (κ3) is 6.37. The standard InChI is InChI=1S/C13H21NO3S/c1-17-7-6-14-8-11-2-4-13(5-3-11)18-10-12(16)9-15/h2-5,12,14-16H,6-10H2,1H3. The van der Waals surface area contributed by atoms with Gasteiger partial charge in [0.15, 0.2) is 0 Å². The second kappa shape index (κ2) is 9.35. The summed E-state index contributed by atoms with van der Waals surface area (Å²) in [5, 5.41) is 21.2. The van der Waals surface area contributed by atoms with Crippen LogP contribution in [0.2, 0.25) is 0 Å². The lowest BCUT2D eigenvalue weighted by Gasteiger charge is -2.08. The molecular formula is C13H21NO3S. The molecule has 1 aromatic carbocycles. The average Bonchev–Trinajstić information content (AvgIpc) is 2.42. The van der Waals surface area contributed by atoms with Crippen molar-refractivity contribution in [2.75, 3.05) is 32.6 Å². The fourth-order valence-corrected chi connectivity index (χ4v) is 2.17. The van der Waals surface area contributed by atoms with Gasteiger partial charge in [0.2, 0.25) is 0 Å². The number of thioether (sulfide) groups is 1. The van der Waals surface area contributed by atoms with Crippen LogP contribution in [0.4, 0.5) is 0 Å². The number of hydrogen-bond acceptors (Lipinski definition) is 5. The molecule has 0 heterocycles. The topological polar surface area (TPSA) is 61.7 Å². The Balaban J connectivity index is 2.28. The fraction of sp³-hybridized carbons (Fsp3) is 0.538. The lowest BCUT2D eigenvalue weighted by Crippen LogP contribution is -2.18. The smallest absolute Gasteiger partial charge is 0.0864 e. The maximum absolute atomic E-state index is 9.25. The van der Waals surface area contributed by atoms with Gasteiger partial charge < -0.3 is 20.3 Å². The molecule has 1 rings (SSSR count). The molecule has 4 nitrogen and oxygen atoms in total. The van der Waals surface area contributed by atoms with Gasteiger partial charge in [-0.3, -0.25) is 0 Å². The molecule has 0 aromatic heterocycles. The van der Waals surface area contributed by atoms with Gasteiger partial charge in [-0.05, 0) is 17.7 Å². The van der Waals surface area contributed by atoms with Gasteiger partial charge >= 0.3 is 0 Å². The summed E-state index contributed by atoms with van der Waals surface area (Å²) in [6, 6.07) is 8.19. The Morgan fingerprint density at radius 1 is 1.33 bits per heavy atom. The van der Waals surface area contributed by atoms with Crippen LogP contribution in [0.1, 0.15) is 5.56 Å². The van der Waals surface area contributed by atoms with Crippen LogP contribution in [-0.2, 0) is 11.3 Å². The first-order valence-corrected chi connectivity index (χ1v) is 6.95. The number of methoxy groups -OCH3 is 1. The van der Waals surface area contributed by atoms with Crippen LogP contribution in [0.25, 0.3) is 0 Å². The predicted molar refractivity (Wildman–Crippen MR) is 73.8 cm³/mol. The highest BCUT2D eigenvalue weighted by Gasteiger charge is 2.02. The van der Waals surface area contributed by atoms with E-state index in [0.717, 1.165) is 18.0 Å². The SMILES string of the molecule is COCCNCc1ccc(SCC(O)CO)cc1. The molecule has 0 bridgehead atoms. The molecule has 3 N–H and O–H groups in total. The van der Waals surface area contributed by atoms with E-state index in [9.17, 15) is 5.11 Å². The van der Waals surface area contributed by atoms with E-state index in [1.165, 1.54) is 5.56 Å². The Morgan fingerprint density at radius 3 is 2.67 bits per heavy atom. The summed E-state index contributed by atoms with van der Waals surface area (Å²) in [5.74, 6) is 0.516. The molecule has 0 fully saturated rings. The number of aliphatic hydroxyl groups is 2. The van der Waals surface area contributed by atoms with Crippen molar-refractivity contribution in [2.24, 2.45) is 0 Å². The van der Waals surface area contributed by atoms with Gasteiger partial charge in [0, 0.05) is 30.8 Å². The van der Waals surface area contributed by atoms with Gasteiger partial charge in [-0.25, -0.2) is 0 Å². The molecule has 0 aliphatic heterocycles. The van der Waals surface area contributed by atoms with E-state index < -0.39 is 6.10 Å². The molecule has 0 saturated carbocycles. The van der Waals surface area contributed by atoms with E-state index >= 15 is 0 Å². The lowest BCUT2D eigenvalue weighted by atomic mass is 10.2. The van der Waals surface area contributed by atoms with Crippen LogP contribution in [0.5, 0.6) is 0 Å². The summed E-state index contributed by atoms with van der Waals surface area (Å²) >= 11 is 1.54. The molecular weight excluding hydrogens is 250 g/mol. The molecule has 0 amide bonds. The third-order valence-corrected chi connectivity index (χ3v) is 3.55. The molecule has 18 heavy (non-hydrogen) atoms. The summed E-state index contributed by atoms with van der Waals surface area (Å²) in [6.45, 7) is 2.20. The first-order chi connectivity index (χ1) is 8.76. The van der Waals surface area contributed by atoms with E-state index in [2.05, 4.69) is 17.4 Å². The minimum atomic E-state index is -0.648. The minimum Gasteiger partial charge on any atom is -0.394 e. The van der Waals surface area contributed by atoms with Crippen molar-refractivity contribution in [3.05, 3.63) is 29.8 Å². The zero-order valence-electron chi connectivity index (χ0n) is 10.6. The summed E-state index contributed by atoms with van der Waals surface area (Å²) in [5.41, 5.74) is 1.22. The molecule has 1 atom stereocenters. The first-order valence-electron chi connectivity index (χ1n) is 5.96. The van der Waals surface area contributed by atoms with Gasteiger partial charge in [0.05, 0.1) is 19.3 Å². The van der Waals surface area contributed by atoms with Crippen LogP contribution >= 0.6 is 11.8 Å². The van der Waals surface area contributed by atoms with Crippen molar-refractivity contribution in [1.29, 1.82) is 0 Å². The number of benzene rings is 1. The van der Waals surface area contributed by atoms with E-state index in [0.29, 0.717) is 12.4 Å². The van der Waals surface area contributed by atoms with Gasteiger partial charge in [0.25, 0.3) is 0 Å². The molecule has 1 aromatic rings. The van der Waals surface area contributed by atoms with Gasteiger partial charge in [0.1, 0.15) is 0 Å². The van der Waals surface area contributed by atoms with Crippen molar-refractivity contribution in [3.63, 3.8) is 0 Å². The van der Waals surface area contributed by atoms with E-state index in [1.807, 2.05) is 12.1 Å². The molecule has 0 saturated heterocycles. The van der Waals surface area contributed by atoms with Crippen molar-refractivity contribution >= 4 is 11.8 Å². The summed E-state index contributed by atoms with van der Waals surface area (Å²) in [4.78, 5) is 1.10. The normalized spacial score (nSPS) is 12.6. The molecule has 1 unspecified atom stereocenters. The van der Waals surface area contributed by atoms with Crippen LogP contribution in [0.3, 0.4) is 0 Å². The number of aliphatic hydroxyl groups excluding tert-OH is 2. The highest BCUT2D eigenvalue weighted by molar-refractivity contribution is 7.99. The van der Waals surface area contributed by atoms with Gasteiger partial charge in [-0.1, -0.05) is 12.1 Å². The van der Waals surface area contributed by atoms with E-state index in [4.69, 9.17) is 9.84 Å². The Kier molecular flexibility index (Phi) is 8.04. The summed E-state index contributed by atoms with van der Waals surface area (Å²) < 4.78 is 4.95. The molecule has 0 aliphatic rings. The van der Waals surface area contributed by atoms with Gasteiger partial charge in [-0.15, -0.1) is 11.8 Å². The highest BCUT2D eigenvalue weighted by atomic mass is 32.2. The van der Waals surface area contributed by atoms with Crippen molar-refractivity contribution in [2.45, 2.75) is 17.5 Å². The lowest BCUT2D eigenvalue weighted by molar-refractivity contribution is 0.113. The van der Waals surface area contributed by atoms with Crippen LogP contribution < -0.4 is 5.32 Å². The fourth-order valence-electron chi connectivity index (χ4n) is 1.36. The largest absolute Gasteiger partial charge is 0.394 e. The van der Waals surface area contributed by atoms with E-state index in [-0.39, 0.29) is 6.61 Å². The van der Waals surface area contributed by atoms with Crippen molar-refractivity contribution in [1.82, 2.24) is 5.32 Å². The highest BCUT2D eigenvalue weighted by Crippen LogP contribution is 2.19. The first kappa shape index (κ1) is 15.5. The monoisotopic (exact) mass is 271 g/mol. The molecule has 0 radical (unpaired) electrons. The minimum absolute atomic E-state index is 0.186. The Bertz CT molecular complexity index is 319. The van der Waals surface area contributed by atoms with Crippen molar-refractivity contribution in [3.8, 4) is 0 Å². The van der Waals surface area contributed by atoms with Gasteiger partial charge in [-0.2, -0.15) is 0 Å². The maximum Gasteiger partial charge on any atom is 0.0864 e. The second-order valence-electron chi connectivity index (χ2n) is 3.96. The van der Waals surface area contributed by atoms with Crippen LogP contribution in [0, 0.1) is 0 Å². The third-order valence-electron chi connectivity index (χ3n) is 2.39. The number of nitrogens with one attached hydrogen (secondary N) is 1. The molecule has 0 spiro atoms. The quantitative estimate of drug-likeness (QED) is 0.459. The number of rotatable bonds is 9. The molecule has 102 valence electrons. The van der Waals surface area contributed by atoms with Crippen molar-refractivity contribution < 1.29 is 14.9 Å². The van der Waals surface area contributed by atoms with Crippen LogP contribution in [-0.4, -0.2) is 48.9 Å². The Hall–Kier alpha value is -0.590. The van der Waals surface area contributed by atoms with Crippen LogP contribution in [0.15, 0.2) is 29.2 Å². The predicted octanol–water partition coefficient (Wildman–Crippen LogP) is 0.868. The number of hydrogen-bond donors (Lipinski definition) is 3. The summed E-state index contributed by atoms with van der Waals surface area (Å²) in [7, 11) is 1.69. The Morgan fingerprint density at radius 2 is 2.06 bits per heavy atom. The molecule has 0 aliphatic carbocycles. The Labute approximate surface area is 112 Å². The maximum atomic E-state index is 9.25. The summed E-state index contributed by atoms with van der Waals surface area (Å²) in [6.07, 6.45) is -0.648.